The van der Waals surface area contributed by atoms with E-state index in [2.05, 4.69) is 9.82 Å². The van der Waals surface area contributed by atoms with Crippen LogP contribution in [-0.2, 0) is 23.6 Å². The highest BCUT2D eigenvalue weighted by Crippen LogP contribution is 2.21. The maximum Gasteiger partial charge on any atom is 0.262 e. The second-order valence-electron chi connectivity index (χ2n) is 3.46. The molecule has 0 aliphatic heterocycles. The number of hydrogen-bond acceptors (Lipinski definition) is 5. The van der Waals surface area contributed by atoms with Crippen molar-refractivity contribution in [2.24, 2.45) is 12.8 Å². The molecule has 17 heavy (non-hydrogen) atoms. The standard InChI is InChI=1S/C9H12N4O2S2/c1-13-5-7(4-11-13)12-17(14,15)9-2-8(3-10)16-6-9/h2,4-6,12H,3,10H2,1H3. The molecule has 2 aromatic rings. The summed E-state index contributed by atoms with van der Waals surface area (Å²) in [4.78, 5) is 1.06. The number of anilines is 1. The zero-order valence-electron chi connectivity index (χ0n) is 9.12. The van der Waals surface area contributed by atoms with E-state index in [-0.39, 0.29) is 4.90 Å². The van der Waals surface area contributed by atoms with Gasteiger partial charge in [0.15, 0.2) is 0 Å². The smallest absolute Gasteiger partial charge is 0.262 e. The van der Waals surface area contributed by atoms with Crippen LogP contribution in [-0.4, -0.2) is 18.2 Å². The Morgan fingerprint density at radius 2 is 2.35 bits per heavy atom. The number of aryl methyl sites for hydroxylation is 1. The van der Waals surface area contributed by atoms with Gasteiger partial charge in [-0.15, -0.1) is 11.3 Å². The van der Waals surface area contributed by atoms with Gasteiger partial charge in [-0.25, -0.2) is 8.42 Å². The number of nitrogens with zero attached hydrogens (tertiary/aromatic N) is 2. The highest BCUT2D eigenvalue weighted by molar-refractivity contribution is 7.92. The molecule has 0 saturated carbocycles. The van der Waals surface area contributed by atoms with Crippen molar-refractivity contribution in [2.45, 2.75) is 11.4 Å². The Morgan fingerprint density at radius 3 is 2.88 bits per heavy atom. The quantitative estimate of drug-likeness (QED) is 0.859. The molecule has 6 nitrogen and oxygen atoms in total. The largest absolute Gasteiger partial charge is 0.326 e. The molecule has 0 fully saturated rings. The average Bonchev–Trinajstić information content (AvgIpc) is 2.86. The van der Waals surface area contributed by atoms with E-state index in [0.29, 0.717) is 12.2 Å². The zero-order valence-corrected chi connectivity index (χ0v) is 10.8. The van der Waals surface area contributed by atoms with Gasteiger partial charge < -0.3 is 5.73 Å². The van der Waals surface area contributed by atoms with Crippen molar-refractivity contribution in [1.29, 1.82) is 0 Å². The number of thiophene rings is 1. The van der Waals surface area contributed by atoms with Crippen molar-refractivity contribution < 1.29 is 8.42 Å². The van der Waals surface area contributed by atoms with Gasteiger partial charge in [0.25, 0.3) is 10.0 Å². The van der Waals surface area contributed by atoms with E-state index in [1.807, 2.05) is 0 Å². The summed E-state index contributed by atoms with van der Waals surface area (Å²) in [5.74, 6) is 0. The molecule has 0 aliphatic rings. The summed E-state index contributed by atoms with van der Waals surface area (Å²) >= 11 is 1.33. The molecule has 0 spiro atoms. The van der Waals surface area contributed by atoms with Crippen LogP contribution in [0.1, 0.15) is 4.88 Å². The Labute approximate surface area is 103 Å². The molecule has 2 rings (SSSR count). The maximum absolute atomic E-state index is 12.0. The van der Waals surface area contributed by atoms with Crippen molar-refractivity contribution in [3.8, 4) is 0 Å². The number of nitrogens with one attached hydrogen (secondary N) is 1. The molecule has 0 aliphatic carbocycles. The predicted molar refractivity (Wildman–Crippen MR) is 66.2 cm³/mol. The SMILES string of the molecule is Cn1cc(NS(=O)(=O)c2csc(CN)c2)cn1. The van der Waals surface area contributed by atoms with Gasteiger partial charge in [0.05, 0.1) is 16.8 Å². The van der Waals surface area contributed by atoms with E-state index in [4.69, 9.17) is 5.73 Å². The topological polar surface area (TPSA) is 90.0 Å². The van der Waals surface area contributed by atoms with E-state index in [1.165, 1.54) is 22.2 Å². The zero-order chi connectivity index (χ0) is 12.5. The second-order valence-corrected chi connectivity index (χ2v) is 6.14. The lowest BCUT2D eigenvalue weighted by Crippen LogP contribution is -2.11. The van der Waals surface area contributed by atoms with Crippen LogP contribution in [0.25, 0.3) is 0 Å². The Hall–Kier alpha value is -1.38. The number of rotatable bonds is 4. The molecule has 0 saturated heterocycles. The van der Waals surface area contributed by atoms with Crippen LogP contribution < -0.4 is 10.5 Å². The second kappa shape index (κ2) is 4.47. The van der Waals surface area contributed by atoms with Gasteiger partial charge in [0.2, 0.25) is 0 Å². The summed E-state index contributed by atoms with van der Waals surface area (Å²) < 4.78 is 27.9. The first-order chi connectivity index (χ1) is 8.01. The van der Waals surface area contributed by atoms with Crippen LogP contribution in [0.4, 0.5) is 5.69 Å². The van der Waals surface area contributed by atoms with Gasteiger partial charge >= 0.3 is 0 Å². The van der Waals surface area contributed by atoms with Gasteiger partial charge in [-0.1, -0.05) is 0 Å². The lowest BCUT2D eigenvalue weighted by Gasteiger charge is -2.02. The summed E-state index contributed by atoms with van der Waals surface area (Å²) in [6.45, 7) is 0.340. The predicted octanol–water partition coefficient (Wildman–Crippen LogP) is 0.741. The van der Waals surface area contributed by atoms with Gasteiger partial charge in [-0.3, -0.25) is 9.40 Å². The molecule has 2 aromatic heterocycles. The van der Waals surface area contributed by atoms with Gasteiger partial charge in [-0.2, -0.15) is 5.10 Å². The monoisotopic (exact) mass is 272 g/mol. The van der Waals surface area contributed by atoms with Crippen LogP contribution in [0.3, 0.4) is 0 Å². The number of nitrogens with two attached hydrogens (primary N) is 1. The normalized spacial score (nSPS) is 11.6. The highest BCUT2D eigenvalue weighted by atomic mass is 32.2. The van der Waals surface area contributed by atoms with Crippen LogP contribution in [0.2, 0.25) is 0 Å². The van der Waals surface area contributed by atoms with Crippen LogP contribution in [0, 0.1) is 0 Å². The number of aromatic nitrogens is 2. The fourth-order valence-corrected chi connectivity index (χ4v) is 3.48. The third kappa shape index (κ3) is 2.65. The molecular weight excluding hydrogens is 260 g/mol. The molecular formula is C9H12N4O2S2. The van der Waals surface area contributed by atoms with E-state index in [9.17, 15) is 8.42 Å². The summed E-state index contributed by atoms with van der Waals surface area (Å²) in [6.07, 6.45) is 3.04. The van der Waals surface area contributed by atoms with E-state index >= 15 is 0 Å². The summed E-state index contributed by atoms with van der Waals surface area (Å²) in [7, 11) is -1.82. The Balaban J connectivity index is 2.24. The first kappa shape index (κ1) is 12.1. The maximum atomic E-state index is 12.0. The highest BCUT2D eigenvalue weighted by Gasteiger charge is 2.16. The van der Waals surface area contributed by atoms with Crippen molar-refractivity contribution in [3.05, 3.63) is 28.7 Å². The minimum absolute atomic E-state index is 0.229. The van der Waals surface area contributed by atoms with Gasteiger partial charge in [-0.05, 0) is 6.07 Å². The minimum atomic E-state index is -3.54. The van der Waals surface area contributed by atoms with Crippen molar-refractivity contribution in [3.63, 3.8) is 0 Å². The van der Waals surface area contributed by atoms with E-state index in [1.54, 1.807) is 24.7 Å². The molecule has 3 N–H and O–H groups in total. The summed E-state index contributed by atoms with van der Waals surface area (Å²) in [5, 5.41) is 5.46. The van der Waals surface area contributed by atoms with Crippen LogP contribution in [0.15, 0.2) is 28.7 Å². The molecule has 92 valence electrons. The van der Waals surface area contributed by atoms with Crippen molar-refractivity contribution in [2.75, 3.05) is 4.72 Å². The molecule has 0 bridgehead atoms. The first-order valence-electron chi connectivity index (χ1n) is 4.80. The van der Waals surface area contributed by atoms with Gasteiger partial charge in [0.1, 0.15) is 0 Å². The van der Waals surface area contributed by atoms with E-state index in [0.717, 1.165) is 4.88 Å². The molecule has 0 atom stereocenters. The fraction of sp³-hybridized carbons (Fsp3) is 0.222. The molecule has 0 amide bonds. The van der Waals surface area contributed by atoms with Gasteiger partial charge in [0, 0.05) is 30.0 Å². The third-order valence-electron chi connectivity index (χ3n) is 2.10. The molecule has 0 unspecified atom stereocenters. The van der Waals surface area contributed by atoms with Crippen LogP contribution in [0.5, 0.6) is 0 Å². The molecule has 0 aromatic carbocycles. The molecule has 2 heterocycles. The van der Waals surface area contributed by atoms with Crippen molar-refractivity contribution in [1.82, 2.24) is 9.78 Å². The van der Waals surface area contributed by atoms with Crippen LogP contribution >= 0.6 is 11.3 Å². The summed E-state index contributed by atoms with van der Waals surface area (Å²) in [5.41, 5.74) is 5.88. The Morgan fingerprint density at radius 1 is 1.59 bits per heavy atom. The number of sulfonamides is 1. The minimum Gasteiger partial charge on any atom is -0.326 e. The average molecular weight is 272 g/mol. The lowest BCUT2D eigenvalue weighted by molar-refractivity contribution is 0.601. The Kier molecular flexibility index (Phi) is 3.18. The fourth-order valence-electron chi connectivity index (χ4n) is 1.30. The lowest BCUT2D eigenvalue weighted by atomic mass is 10.5. The first-order valence-corrected chi connectivity index (χ1v) is 7.16. The molecule has 0 radical (unpaired) electrons. The third-order valence-corrected chi connectivity index (χ3v) is 4.57. The molecule has 8 heteroatoms. The Bertz CT molecular complexity index is 614. The van der Waals surface area contributed by atoms with E-state index < -0.39 is 10.0 Å². The summed E-state index contributed by atoms with van der Waals surface area (Å²) in [6, 6.07) is 1.57. The number of hydrogen-bond donors (Lipinski definition) is 2. The van der Waals surface area contributed by atoms with Crippen molar-refractivity contribution >= 4 is 27.0 Å².